The van der Waals surface area contributed by atoms with Crippen molar-refractivity contribution >= 4 is 23.4 Å². The lowest BCUT2D eigenvalue weighted by molar-refractivity contribution is -0.125. The number of rotatable bonds is 4. The first-order valence-electron chi connectivity index (χ1n) is 10.0. The predicted octanol–water partition coefficient (Wildman–Crippen LogP) is 2.34. The Morgan fingerprint density at radius 3 is 2.50 bits per heavy atom. The molecule has 1 heterocycles. The molecule has 1 aromatic rings. The molecule has 28 heavy (non-hydrogen) atoms. The molecule has 0 radical (unpaired) electrons. The molecule has 1 aliphatic heterocycles. The van der Waals surface area contributed by atoms with Crippen molar-refractivity contribution in [2.24, 2.45) is 0 Å². The molecule has 7 nitrogen and oxygen atoms in total. The number of carbonyl (C=O) groups excluding carboxylic acids is 3. The molecule has 1 saturated carbocycles. The average Bonchev–Trinajstić information content (AvgIpc) is 2.65. The Morgan fingerprint density at radius 1 is 1.14 bits per heavy atom. The molecular weight excluding hydrogens is 358 g/mol. The van der Waals surface area contributed by atoms with Gasteiger partial charge in [-0.3, -0.25) is 19.3 Å². The van der Waals surface area contributed by atoms with Crippen molar-refractivity contribution in [2.45, 2.75) is 51.0 Å². The normalized spacial score (nSPS) is 17.8. The minimum Gasteiger partial charge on any atom is -0.482 e. The SMILES string of the molecule is CN(C)C(=O)c1ccc2c(c1)N(CC(=O)NC1CCCCCCC1)C(=O)CO2. The Morgan fingerprint density at radius 2 is 1.82 bits per heavy atom. The predicted molar refractivity (Wildman–Crippen MR) is 107 cm³/mol. The van der Waals surface area contributed by atoms with Gasteiger partial charge >= 0.3 is 0 Å². The number of hydrogen-bond donors (Lipinski definition) is 1. The second-order valence-electron chi connectivity index (χ2n) is 7.76. The molecule has 1 aliphatic carbocycles. The summed E-state index contributed by atoms with van der Waals surface area (Å²) in [4.78, 5) is 40.2. The van der Waals surface area contributed by atoms with E-state index in [2.05, 4.69) is 5.32 Å². The van der Waals surface area contributed by atoms with Crippen LogP contribution < -0.4 is 15.0 Å². The molecule has 0 unspecified atom stereocenters. The maximum absolute atomic E-state index is 12.6. The fourth-order valence-electron chi connectivity index (χ4n) is 3.78. The smallest absolute Gasteiger partial charge is 0.265 e. The molecule has 0 atom stereocenters. The number of benzene rings is 1. The molecule has 1 aromatic carbocycles. The van der Waals surface area contributed by atoms with E-state index in [4.69, 9.17) is 4.74 Å². The van der Waals surface area contributed by atoms with Crippen LogP contribution in [-0.2, 0) is 9.59 Å². The van der Waals surface area contributed by atoms with E-state index in [0.717, 1.165) is 25.7 Å². The number of amides is 3. The Hall–Kier alpha value is -2.57. The third kappa shape index (κ3) is 4.82. The zero-order valence-corrected chi connectivity index (χ0v) is 16.7. The van der Waals surface area contributed by atoms with Crippen LogP contribution in [0.4, 0.5) is 5.69 Å². The second kappa shape index (κ2) is 9.08. The number of nitrogens with zero attached hydrogens (tertiary/aromatic N) is 2. The molecule has 0 spiro atoms. The maximum Gasteiger partial charge on any atom is 0.265 e. The van der Waals surface area contributed by atoms with Crippen molar-refractivity contribution in [3.8, 4) is 5.75 Å². The van der Waals surface area contributed by atoms with Crippen molar-refractivity contribution in [1.82, 2.24) is 10.2 Å². The third-order valence-corrected chi connectivity index (χ3v) is 5.33. The minimum absolute atomic E-state index is 0.0642. The lowest BCUT2D eigenvalue weighted by atomic mass is 9.97. The quantitative estimate of drug-likeness (QED) is 0.860. The van der Waals surface area contributed by atoms with Crippen molar-refractivity contribution in [2.75, 3.05) is 32.1 Å². The molecule has 0 bridgehead atoms. The monoisotopic (exact) mass is 387 g/mol. The molecule has 152 valence electrons. The van der Waals surface area contributed by atoms with Gasteiger partial charge in [0.25, 0.3) is 11.8 Å². The van der Waals surface area contributed by atoms with Crippen LogP contribution in [0.15, 0.2) is 18.2 Å². The summed E-state index contributed by atoms with van der Waals surface area (Å²) in [5.41, 5.74) is 0.921. The van der Waals surface area contributed by atoms with Gasteiger partial charge in [0, 0.05) is 25.7 Å². The molecule has 3 amide bonds. The van der Waals surface area contributed by atoms with E-state index in [1.807, 2.05) is 0 Å². The molecule has 3 rings (SSSR count). The summed E-state index contributed by atoms with van der Waals surface area (Å²) in [7, 11) is 3.34. The number of carbonyl (C=O) groups is 3. The molecule has 0 saturated heterocycles. The van der Waals surface area contributed by atoms with Gasteiger partial charge in [0.15, 0.2) is 6.61 Å². The zero-order chi connectivity index (χ0) is 20.1. The first kappa shape index (κ1) is 20.2. The van der Waals surface area contributed by atoms with E-state index in [-0.39, 0.29) is 36.9 Å². The summed E-state index contributed by atoms with van der Waals surface area (Å²) < 4.78 is 5.48. The van der Waals surface area contributed by atoms with Crippen LogP contribution in [0.25, 0.3) is 0 Å². The lowest BCUT2D eigenvalue weighted by Crippen LogP contribution is -2.47. The van der Waals surface area contributed by atoms with Crippen molar-refractivity contribution in [3.05, 3.63) is 23.8 Å². The molecular formula is C21H29N3O4. The minimum atomic E-state index is -0.283. The molecule has 7 heteroatoms. The van der Waals surface area contributed by atoms with E-state index in [1.54, 1.807) is 32.3 Å². The van der Waals surface area contributed by atoms with Gasteiger partial charge in [0.2, 0.25) is 5.91 Å². The van der Waals surface area contributed by atoms with E-state index >= 15 is 0 Å². The first-order valence-corrected chi connectivity index (χ1v) is 10.0. The van der Waals surface area contributed by atoms with Gasteiger partial charge in [-0.25, -0.2) is 0 Å². The van der Waals surface area contributed by atoms with Crippen LogP contribution in [0, 0.1) is 0 Å². The second-order valence-corrected chi connectivity index (χ2v) is 7.76. The summed E-state index contributed by atoms with van der Waals surface area (Å²) in [5.74, 6) is -0.112. The largest absolute Gasteiger partial charge is 0.482 e. The van der Waals surface area contributed by atoms with Gasteiger partial charge in [-0.2, -0.15) is 0 Å². The van der Waals surface area contributed by atoms with Gasteiger partial charge in [-0.15, -0.1) is 0 Å². The number of anilines is 1. The van der Waals surface area contributed by atoms with Crippen LogP contribution in [0.1, 0.15) is 55.3 Å². The third-order valence-electron chi connectivity index (χ3n) is 5.33. The van der Waals surface area contributed by atoms with Gasteiger partial charge in [-0.1, -0.05) is 32.1 Å². The summed E-state index contributed by atoms with van der Waals surface area (Å²) in [6.45, 7) is -0.171. The number of ether oxygens (including phenoxy) is 1. The highest BCUT2D eigenvalue weighted by Crippen LogP contribution is 2.33. The Bertz CT molecular complexity index is 739. The zero-order valence-electron chi connectivity index (χ0n) is 16.7. The first-order chi connectivity index (χ1) is 13.5. The molecule has 2 aliphatic rings. The fourth-order valence-corrected chi connectivity index (χ4v) is 3.78. The van der Waals surface area contributed by atoms with E-state index in [9.17, 15) is 14.4 Å². The number of hydrogen-bond acceptors (Lipinski definition) is 4. The topological polar surface area (TPSA) is 79.0 Å². The van der Waals surface area contributed by atoms with E-state index in [0.29, 0.717) is 17.0 Å². The molecule has 0 aromatic heterocycles. The Kier molecular flexibility index (Phi) is 6.54. The van der Waals surface area contributed by atoms with Gasteiger partial charge < -0.3 is 15.0 Å². The van der Waals surface area contributed by atoms with E-state index in [1.165, 1.54) is 29.1 Å². The highest BCUT2D eigenvalue weighted by Gasteiger charge is 2.29. The standard InChI is InChI=1S/C21H29N3O4/c1-23(2)21(27)15-10-11-18-17(12-15)24(20(26)14-28-18)13-19(25)22-16-8-6-4-3-5-7-9-16/h10-12,16H,3-9,13-14H2,1-2H3,(H,22,25). The molecule has 1 N–H and O–H groups in total. The van der Waals surface area contributed by atoms with Crippen LogP contribution in [0.2, 0.25) is 0 Å². The van der Waals surface area contributed by atoms with Gasteiger partial charge in [-0.05, 0) is 31.0 Å². The van der Waals surface area contributed by atoms with E-state index < -0.39 is 0 Å². The van der Waals surface area contributed by atoms with Crippen molar-refractivity contribution < 1.29 is 19.1 Å². The van der Waals surface area contributed by atoms with Gasteiger partial charge in [0.1, 0.15) is 12.3 Å². The lowest BCUT2D eigenvalue weighted by Gasteiger charge is -2.30. The van der Waals surface area contributed by atoms with Crippen molar-refractivity contribution in [1.29, 1.82) is 0 Å². The van der Waals surface area contributed by atoms with Crippen LogP contribution >= 0.6 is 0 Å². The van der Waals surface area contributed by atoms with Crippen LogP contribution in [-0.4, -0.2) is 55.9 Å². The number of nitrogens with one attached hydrogen (secondary N) is 1. The Labute approximate surface area is 166 Å². The van der Waals surface area contributed by atoms with Gasteiger partial charge in [0.05, 0.1) is 5.69 Å². The summed E-state index contributed by atoms with van der Waals surface area (Å²) in [5, 5.41) is 3.09. The van der Waals surface area contributed by atoms with Crippen LogP contribution in [0.5, 0.6) is 5.75 Å². The maximum atomic E-state index is 12.6. The average molecular weight is 387 g/mol. The Balaban J connectivity index is 1.72. The highest BCUT2D eigenvalue weighted by molar-refractivity contribution is 6.04. The van der Waals surface area contributed by atoms with Crippen molar-refractivity contribution in [3.63, 3.8) is 0 Å². The summed E-state index contributed by atoms with van der Waals surface area (Å²) >= 11 is 0. The molecule has 1 fully saturated rings. The summed E-state index contributed by atoms with van der Waals surface area (Å²) in [6, 6.07) is 5.14. The highest BCUT2D eigenvalue weighted by atomic mass is 16.5. The fraction of sp³-hybridized carbons (Fsp3) is 0.571. The summed E-state index contributed by atoms with van der Waals surface area (Å²) in [6.07, 6.45) is 7.92. The number of fused-ring (bicyclic) bond motifs is 1. The van der Waals surface area contributed by atoms with Crippen LogP contribution in [0.3, 0.4) is 0 Å².